The van der Waals surface area contributed by atoms with Gasteiger partial charge in [0, 0.05) is 11.1 Å². The van der Waals surface area contributed by atoms with Gasteiger partial charge in [-0.3, -0.25) is 9.89 Å². The molecule has 1 heterocycles. The zero-order chi connectivity index (χ0) is 15.5. The molecule has 1 amide bonds. The van der Waals surface area contributed by atoms with Crippen LogP contribution in [-0.2, 0) is 0 Å². The van der Waals surface area contributed by atoms with Crippen molar-refractivity contribution >= 4 is 22.5 Å². The number of benzene rings is 2. The highest BCUT2D eigenvalue weighted by Crippen LogP contribution is 2.25. The van der Waals surface area contributed by atoms with Crippen molar-refractivity contribution in [2.75, 3.05) is 19.5 Å². The molecule has 6 nitrogen and oxygen atoms in total. The van der Waals surface area contributed by atoms with E-state index in [-0.39, 0.29) is 5.91 Å². The molecule has 0 unspecified atom stereocenters. The van der Waals surface area contributed by atoms with Gasteiger partial charge in [-0.25, -0.2) is 0 Å². The number of ether oxygens (including phenoxy) is 2. The van der Waals surface area contributed by atoms with Crippen molar-refractivity contribution in [3.05, 3.63) is 48.2 Å². The Morgan fingerprint density at radius 3 is 2.77 bits per heavy atom. The van der Waals surface area contributed by atoms with Crippen LogP contribution in [0, 0.1) is 0 Å². The molecule has 0 fully saturated rings. The molecule has 0 saturated carbocycles. The minimum atomic E-state index is -0.265. The second kappa shape index (κ2) is 5.77. The highest BCUT2D eigenvalue weighted by atomic mass is 16.5. The van der Waals surface area contributed by atoms with E-state index in [0.717, 1.165) is 10.9 Å². The summed E-state index contributed by atoms with van der Waals surface area (Å²) in [5.41, 5.74) is 2.01. The van der Waals surface area contributed by atoms with Crippen LogP contribution in [0.4, 0.5) is 5.69 Å². The molecule has 3 aromatic rings. The van der Waals surface area contributed by atoms with E-state index < -0.39 is 0 Å². The first-order valence-corrected chi connectivity index (χ1v) is 6.68. The maximum absolute atomic E-state index is 12.5. The van der Waals surface area contributed by atoms with Crippen LogP contribution in [0.25, 0.3) is 10.9 Å². The lowest BCUT2D eigenvalue weighted by Gasteiger charge is -2.11. The van der Waals surface area contributed by atoms with Crippen LogP contribution >= 0.6 is 0 Å². The molecule has 0 bridgehead atoms. The molecule has 112 valence electrons. The van der Waals surface area contributed by atoms with E-state index in [1.54, 1.807) is 31.5 Å². The minimum Gasteiger partial charge on any atom is -0.497 e. The van der Waals surface area contributed by atoms with Crippen molar-refractivity contribution in [2.45, 2.75) is 0 Å². The largest absolute Gasteiger partial charge is 0.497 e. The van der Waals surface area contributed by atoms with Crippen LogP contribution in [0.5, 0.6) is 11.5 Å². The van der Waals surface area contributed by atoms with Crippen molar-refractivity contribution < 1.29 is 14.3 Å². The first-order chi connectivity index (χ1) is 10.7. The molecule has 0 aliphatic rings. The maximum atomic E-state index is 12.5. The smallest absolute Gasteiger partial charge is 0.259 e. The van der Waals surface area contributed by atoms with Crippen molar-refractivity contribution in [3.63, 3.8) is 0 Å². The summed E-state index contributed by atoms with van der Waals surface area (Å²) in [5, 5.41) is 10.6. The fourth-order valence-electron chi connectivity index (χ4n) is 2.21. The van der Waals surface area contributed by atoms with E-state index in [1.165, 1.54) is 7.11 Å². The number of nitrogens with zero attached hydrogens (tertiary/aromatic N) is 1. The van der Waals surface area contributed by atoms with Gasteiger partial charge in [-0.05, 0) is 36.4 Å². The Morgan fingerprint density at radius 2 is 2.00 bits per heavy atom. The van der Waals surface area contributed by atoms with Crippen molar-refractivity contribution in [1.29, 1.82) is 0 Å². The lowest BCUT2D eigenvalue weighted by molar-refractivity contribution is 0.102. The zero-order valence-corrected chi connectivity index (χ0v) is 12.2. The normalized spacial score (nSPS) is 10.5. The minimum absolute atomic E-state index is 0.265. The number of rotatable bonds is 4. The van der Waals surface area contributed by atoms with Gasteiger partial charge in [0.2, 0.25) is 0 Å². The molecule has 0 aliphatic heterocycles. The highest BCUT2D eigenvalue weighted by molar-refractivity contribution is 6.07. The number of nitrogens with one attached hydrogen (secondary N) is 2. The zero-order valence-electron chi connectivity index (χ0n) is 12.2. The number of anilines is 1. The average Bonchev–Trinajstić information content (AvgIpc) is 3.01. The fraction of sp³-hybridized carbons (Fsp3) is 0.125. The monoisotopic (exact) mass is 297 g/mol. The van der Waals surface area contributed by atoms with Crippen LogP contribution in [0.2, 0.25) is 0 Å². The molecule has 3 rings (SSSR count). The third-order valence-electron chi connectivity index (χ3n) is 3.35. The Bertz CT molecular complexity index is 826. The molecule has 0 spiro atoms. The van der Waals surface area contributed by atoms with Gasteiger partial charge in [0.05, 0.1) is 31.5 Å². The SMILES string of the molecule is COc1ccc(OC)c(C(=O)Nc2ccc3[nH]ncc3c2)c1. The quantitative estimate of drug-likeness (QED) is 0.776. The van der Waals surface area contributed by atoms with E-state index in [2.05, 4.69) is 15.5 Å². The summed E-state index contributed by atoms with van der Waals surface area (Å²) < 4.78 is 10.4. The number of fused-ring (bicyclic) bond motifs is 1. The van der Waals surface area contributed by atoms with Crippen LogP contribution in [0.1, 0.15) is 10.4 Å². The number of carbonyl (C=O) groups is 1. The number of amides is 1. The predicted molar refractivity (Wildman–Crippen MR) is 83.6 cm³/mol. The summed E-state index contributed by atoms with van der Waals surface area (Å²) in [6.07, 6.45) is 1.71. The first-order valence-electron chi connectivity index (χ1n) is 6.68. The highest BCUT2D eigenvalue weighted by Gasteiger charge is 2.14. The predicted octanol–water partition coefficient (Wildman–Crippen LogP) is 2.83. The molecule has 0 saturated heterocycles. The summed E-state index contributed by atoms with van der Waals surface area (Å²) in [7, 11) is 3.08. The van der Waals surface area contributed by atoms with E-state index in [1.807, 2.05) is 18.2 Å². The van der Waals surface area contributed by atoms with Crippen LogP contribution in [0.15, 0.2) is 42.6 Å². The van der Waals surface area contributed by atoms with Crippen LogP contribution in [-0.4, -0.2) is 30.3 Å². The van der Waals surface area contributed by atoms with Gasteiger partial charge in [-0.15, -0.1) is 0 Å². The number of H-pyrrole nitrogens is 1. The fourth-order valence-corrected chi connectivity index (χ4v) is 2.21. The number of aromatic amines is 1. The van der Waals surface area contributed by atoms with E-state index in [4.69, 9.17) is 9.47 Å². The Labute approximate surface area is 127 Å². The second-order valence-corrected chi connectivity index (χ2v) is 4.69. The molecular weight excluding hydrogens is 282 g/mol. The molecule has 2 N–H and O–H groups in total. The van der Waals surface area contributed by atoms with E-state index in [9.17, 15) is 4.79 Å². The summed E-state index contributed by atoms with van der Waals surface area (Å²) in [6, 6.07) is 10.6. The molecule has 6 heteroatoms. The third-order valence-corrected chi connectivity index (χ3v) is 3.35. The summed E-state index contributed by atoms with van der Waals surface area (Å²) in [6.45, 7) is 0. The summed E-state index contributed by atoms with van der Waals surface area (Å²) in [5.74, 6) is 0.817. The van der Waals surface area contributed by atoms with E-state index >= 15 is 0 Å². The topological polar surface area (TPSA) is 76.2 Å². The maximum Gasteiger partial charge on any atom is 0.259 e. The molecule has 0 atom stereocenters. The number of aromatic nitrogens is 2. The molecule has 2 aromatic carbocycles. The molecule has 0 aliphatic carbocycles. The van der Waals surface area contributed by atoms with Gasteiger partial charge in [-0.1, -0.05) is 0 Å². The van der Waals surface area contributed by atoms with E-state index in [0.29, 0.717) is 22.7 Å². The van der Waals surface area contributed by atoms with Crippen LogP contribution in [0.3, 0.4) is 0 Å². The number of hydrogen-bond acceptors (Lipinski definition) is 4. The van der Waals surface area contributed by atoms with Gasteiger partial charge in [0.25, 0.3) is 5.91 Å². The number of methoxy groups -OCH3 is 2. The first kappa shape index (κ1) is 13.9. The molecule has 0 radical (unpaired) electrons. The summed E-state index contributed by atoms with van der Waals surface area (Å²) in [4.78, 5) is 12.5. The molecular formula is C16H15N3O3. The second-order valence-electron chi connectivity index (χ2n) is 4.69. The Morgan fingerprint density at radius 1 is 1.14 bits per heavy atom. The van der Waals surface area contributed by atoms with Crippen LogP contribution < -0.4 is 14.8 Å². The van der Waals surface area contributed by atoms with Crippen molar-refractivity contribution in [3.8, 4) is 11.5 Å². The summed E-state index contributed by atoms with van der Waals surface area (Å²) >= 11 is 0. The van der Waals surface area contributed by atoms with Crippen molar-refractivity contribution in [2.24, 2.45) is 0 Å². The number of carbonyl (C=O) groups excluding carboxylic acids is 1. The Balaban J connectivity index is 1.90. The lowest BCUT2D eigenvalue weighted by atomic mass is 10.1. The van der Waals surface area contributed by atoms with Gasteiger partial charge in [0.1, 0.15) is 11.5 Å². The standard InChI is InChI=1S/C16H15N3O3/c1-21-12-4-6-15(22-2)13(8-12)16(20)18-11-3-5-14-10(7-11)9-17-19-14/h3-9H,1-2H3,(H,17,19)(H,18,20). The van der Waals surface area contributed by atoms with Gasteiger partial charge < -0.3 is 14.8 Å². The Hall–Kier alpha value is -3.02. The van der Waals surface area contributed by atoms with Gasteiger partial charge in [0.15, 0.2) is 0 Å². The third kappa shape index (κ3) is 2.58. The van der Waals surface area contributed by atoms with Gasteiger partial charge in [-0.2, -0.15) is 5.10 Å². The van der Waals surface area contributed by atoms with Gasteiger partial charge >= 0.3 is 0 Å². The number of hydrogen-bond donors (Lipinski definition) is 2. The average molecular weight is 297 g/mol. The molecule has 22 heavy (non-hydrogen) atoms. The lowest BCUT2D eigenvalue weighted by Crippen LogP contribution is -2.13. The van der Waals surface area contributed by atoms with Crippen molar-refractivity contribution in [1.82, 2.24) is 10.2 Å². The molecule has 1 aromatic heterocycles. The Kier molecular flexibility index (Phi) is 3.65.